The summed E-state index contributed by atoms with van der Waals surface area (Å²) in [5.74, 6) is 0.254. The van der Waals surface area contributed by atoms with Gasteiger partial charge in [-0.15, -0.1) is 5.10 Å². The molecule has 6 nitrogen and oxygen atoms in total. The summed E-state index contributed by atoms with van der Waals surface area (Å²) in [6.07, 6.45) is 0.574. The molecule has 0 amide bonds. The number of carbonyl (C=O) groups excluding carboxylic acids is 1. The third-order valence-electron chi connectivity index (χ3n) is 2.58. The largest absolute Gasteiger partial charge is 0.382 e. The highest BCUT2D eigenvalue weighted by Gasteiger charge is 2.07. The molecule has 0 radical (unpaired) electrons. The standard InChI is InChI=1S/C9H6N4O.C5H12O/c10-4-6-1-2-8-7(3-6)9(11)12-13(8)5-14;1-5(2,3)6-4/h1-3,5H,(H2,11,12);1-4H3. The first kappa shape index (κ1) is 15.7. The van der Waals surface area contributed by atoms with Gasteiger partial charge in [-0.2, -0.15) is 5.26 Å². The molecule has 0 saturated carbocycles. The molecule has 1 aromatic carbocycles. The molecule has 0 spiro atoms. The van der Waals surface area contributed by atoms with Gasteiger partial charge in [-0.3, -0.25) is 4.79 Å². The van der Waals surface area contributed by atoms with Crippen LogP contribution in [0, 0.1) is 11.3 Å². The second-order valence-electron chi connectivity index (χ2n) is 5.10. The van der Waals surface area contributed by atoms with Crippen molar-refractivity contribution >= 4 is 23.1 Å². The van der Waals surface area contributed by atoms with Gasteiger partial charge < -0.3 is 10.5 Å². The van der Waals surface area contributed by atoms with Crippen LogP contribution >= 0.6 is 0 Å². The number of nitrogens with zero attached hydrogens (tertiary/aromatic N) is 3. The smallest absolute Gasteiger partial charge is 0.234 e. The molecular weight excluding hydrogens is 256 g/mol. The third-order valence-corrected chi connectivity index (χ3v) is 2.58. The molecule has 106 valence electrons. The Labute approximate surface area is 117 Å². The van der Waals surface area contributed by atoms with Crippen LogP contribution in [0.25, 0.3) is 10.9 Å². The molecular formula is C14H18N4O2. The van der Waals surface area contributed by atoms with Gasteiger partial charge in [0.05, 0.1) is 22.8 Å². The van der Waals surface area contributed by atoms with Crippen molar-refractivity contribution in [2.24, 2.45) is 0 Å². The second-order valence-corrected chi connectivity index (χ2v) is 5.10. The summed E-state index contributed by atoms with van der Waals surface area (Å²) < 4.78 is 6.08. The van der Waals surface area contributed by atoms with E-state index in [1.54, 1.807) is 25.3 Å². The molecule has 2 N–H and O–H groups in total. The monoisotopic (exact) mass is 274 g/mol. The minimum Gasteiger partial charge on any atom is -0.382 e. The van der Waals surface area contributed by atoms with E-state index in [-0.39, 0.29) is 11.4 Å². The predicted molar refractivity (Wildman–Crippen MR) is 77.8 cm³/mol. The SMILES string of the molecule is COC(C)(C)C.N#Cc1ccc2c(c1)c(N)nn2C=O. The summed E-state index contributed by atoms with van der Waals surface area (Å²) in [4.78, 5) is 10.6. The summed E-state index contributed by atoms with van der Waals surface area (Å²) in [7, 11) is 1.71. The first-order valence-electron chi connectivity index (χ1n) is 6.00. The number of anilines is 1. The fourth-order valence-electron chi connectivity index (χ4n) is 1.31. The Balaban J connectivity index is 0.000000286. The van der Waals surface area contributed by atoms with Gasteiger partial charge in [-0.1, -0.05) is 0 Å². The maximum absolute atomic E-state index is 10.6. The maximum Gasteiger partial charge on any atom is 0.234 e. The summed E-state index contributed by atoms with van der Waals surface area (Å²) >= 11 is 0. The number of hydrogen-bond donors (Lipinski definition) is 1. The number of rotatable bonds is 1. The molecule has 2 rings (SSSR count). The molecule has 0 fully saturated rings. The number of fused-ring (bicyclic) bond motifs is 1. The summed E-state index contributed by atoms with van der Waals surface area (Å²) in [6, 6.07) is 6.86. The van der Waals surface area contributed by atoms with Crippen LogP contribution in [0.2, 0.25) is 0 Å². The topological polar surface area (TPSA) is 93.9 Å². The van der Waals surface area contributed by atoms with Crippen LogP contribution in [0.15, 0.2) is 18.2 Å². The quantitative estimate of drug-likeness (QED) is 0.802. The fourth-order valence-corrected chi connectivity index (χ4v) is 1.31. The van der Waals surface area contributed by atoms with Crippen molar-refractivity contribution < 1.29 is 9.53 Å². The molecule has 0 unspecified atom stereocenters. The molecule has 1 heterocycles. The first-order chi connectivity index (χ1) is 9.32. The summed E-state index contributed by atoms with van der Waals surface area (Å²) in [5, 5.41) is 13.1. The van der Waals surface area contributed by atoms with E-state index in [2.05, 4.69) is 5.10 Å². The Hall–Kier alpha value is -2.39. The van der Waals surface area contributed by atoms with Crippen molar-refractivity contribution in [3.8, 4) is 6.07 Å². The maximum atomic E-state index is 10.6. The van der Waals surface area contributed by atoms with E-state index < -0.39 is 0 Å². The highest BCUT2D eigenvalue weighted by Crippen LogP contribution is 2.20. The average Bonchev–Trinajstić information content (AvgIpc) is 2.75. The Kier molecular flexibility index (Phi) is 4.83. The van der Waals surface area contributed by atoms with E-state index in [0.717, 1.165) is 4.68 Å². The van der Waals surface area contributed by atoms with Crippen LogP contribution in [0.1, 0.15) is 26.3 Å². The zero-order chi connectivity index (χ0) is 15.3. The van der Waals surface area contributed by atoms with Crippen molar-refractivity contribution in [1.82, 2.24) is 9.78 Å². The van der Waals surface area contributed by atoms with Gasteiger partial charge in [0.25, 0.3) is 0 Å². The lowest BCUT2D eigenvalue weighted by molar-refractivity contribution is 0.0397. The van der Waals surface area contributed by atoms with Crippen molar-refractivity contribution in [3.63, 3.8) is 0 Å². The highest BCUT2D eigenvalue weighted by atomic mass is 16.5. The molecule has 0 saturated heterocycles. The fraction of sp³-hybridized carbons (Fsp3) is 0.357. The van der Waals surface area contributed by atoms with E-state index in [9.17, 15) is 4.79 Å². The average molecular weight is 274 g/mol. The second kappa shape index (κ2) is 6.17. The van der Waals surface area contributed by atoms with Crippen LogP contribution < -0.4 is 5.73 Å². The molecule has 0 atom stereocenters. The number of nitrogens with two attached hydrogens (primary N) is 1. The number of hydrogen-bond acceptors (Lipinski definition) is 5. The lowest BCUT2D eigenvalue weighted by Gasteiger charge is -2.14. The van der Waals surface area contributed by atoms with Crippen LogP contribution in [-0.2, 0) is 9.53 Å². The van der Waals surface area contributed by atoms with Crippen molar-refractivity contribution in [2.45, 2.75) is 26.4 Å². The number of nitriles is 1. The Morgan fingerprint density at radius 2 is 2.05 bits per heavy atom. The van der Waals surface area contributed by atoms with Gasteiger partial charge in [-0.05, 0) is 39.0 Å². The Morgan fingerprint density at radius 3 is 2.50 bits per heavy atom. The van der Waals surface area contributed by atoms with Gasteiger partial charge in [0.15, 0.2) is 5.82 Å². The zero-order valence-corrected chi connectivity index (χ0v) is 12.0. The van der Waals surface area contributed by atoms with Crippen molar-refractivity contribution in [1.29, 1.82) is 5.26 Å². The van der Waals surface area contributed by atoms with E-state index >= 15 is 0 Å². The van der Waals surface area contributed by atoms with E-state index in [4.69, 9.17) is 15.7 Å². The molecule has 0 bridgehead atoms. The molecule has 1 aromatic heterocycles. The normalized spacial score (nSPS) is 10.6. The highest BCUT2D eigenvalue weighted by molar-refractivity contribution is 5.93. The summed E-state index contributed by atoms with van der Waals surface area (Å²) in [6.45, 7) is 6.06. The number of benzene rings is 1. The van der Waals surface area contributed by atoms with E-state index in [0.29, 0.717) is 22.9 Å². The minimum atomic E-state index is 0.0417. The molecule has 0 aliphatic carbocycles. The number of ether oxygens (including phenoxy) is 1. The van der Waals surface area contributed by atoms with Gasteiger partial charge >= 0.3 is 0 Å². The van der Waals surface area contributed by atoms with Gasteiger partial charge in [0.2, 0.25) is 6.41 Å². The van der Waals surface area contributed by atoms with Gasteiger partial charge in [0, 0.05) is 12.5 Å². The van der Waals surface area contributed by atoms with Crippen LogP contribution in [0.5, 0.6) is 0 Å². The molecule has 0 aliphatic rings. The third kappa shape index (κ3) is 3.80. The number of carbonyl (C=O) groups is 1. The number of methoxy groups -OCH3 is 1. The zero-order valence-electron chi connectivity index (χ0n) is 12.0. The molecule has 2 aromatic rings. The summed E-state index contributed by atoms with van der Waals surface area (Å²) in [5.41, 5.74) is 6.72. The Bertz CT molecular complexity index is 647. The van der Waals surface area contributed by atoms with Crippen LogP contribution in [-0.4, -0.2) is 28.9 Å². The van der Waals surface area contributed by atoms with Crippen molar-refractivity contribution in [2.75, 3.05) is 12.8 Å². The predicted octanol–water partition coefficient (Wildman–Crippen LogP) is 1.96. The van der Waals surface area contributed by atoms with E-state index in [1.807, 2.05) is 26.8 Å². The Morgan fingerprint density at radius 1 is 1.45 bits per heavy atom. The number of aromatic nitrogens is 2. The van der Waals surface area contributed by atoms with Gasteiger partial charge in [0.1, 0.15) is 0 Å². The van der Waals surface area contributed by atoms with Crippen LogP contribution in [0.4, 0.5) is 5.82 Å². The first-order valence-corrected chi connectivity index (χ1v) is 6.00. The lowest BCUT2D eigenvalue weighted by Crippen LogP contribution is -2.15. The molecule has 0 aliphatic heterocycles. The van der Waals surface area contributed by atoms with E-state index in [1.165, 1.54) is 0 Å². The molecule has 20 heavy (non-hydrogen) atoms. The minimum absolute atomic E-state index is 0.0417. The van der Waals surface area contributed by atoms with Crippen molar-refractivity contribution in [3.05, 3.63) is 23.8 Å². The van der Waals surface area contributed by atoms with Gasteiger partial charge in [-0.25, -0.2) is 4.68 Å². The number of nitrogen functional groups attached to an aromatic ring is 1. The van der Waals surface area contributed by atoms with Crippen LogP contribution in [0.3, 0.4) is 0 Å². The lowest BCUT2D eigenvalue weighted by atomic mass is 10.2. The molecule has 6 heteroatoms.